The molecule has 0 saturated heterocycles. The van der Waals surface area contributed by atoms with E-state index in [9.17, 15) is 22.4 Å². The minimum absolute atomic E-state index is 0.111. The second-order valence-electron chi connectivity index (χ2n) is 7.27. The lowest BCUT2D eigenvalue weighted by atomic mass is 10.1. The summed E-state index contributed by atoms with van der Waals surface area (Å²) in [6.07, 6.45) is 1.24. The zero-order chi connectivity index (χ0) is 23.2. The minimum atomic E-state index is -3.96. The van der Waals surface area contributed by atoms with Crippen molar-refractivity contribution in [1.82, 2.24) is 10.2 Å². The van der Waals surface area contributed by atoms with E-state index in [4.69, 9.17) is 0 Å². The molecule has 0 radical (unpaired) electrons. The number of benzene rings is 2. The molecule has 0 aliphatic heterocycles. The third-order valence-corrected chi connectivity index (χ3v) is 6.03. The molecule has 0 spiro atoms. The van der Waals surface area contributed by atoms with Crippen molar-refractivity contribution in [3.63, 3.8) is 0 Å². The van der Waals surface area contributed by atoms with E-state index in [0.717, 1.165) is 27.8 Å². The Hall–Kier alpha value is -2.94. The number of anilines is 1. The van der Waals surface area contributed by atoms with Crippen LogP contribution >= 0.6 is 0 Å². The fourth-order valence-corrected chi connectivity index (χ4v) is 4.08. The number of para-hydroxylation sites is 1. The summed E-state index contributed by atoms with van der Waals surface area (Å²) in [5.74, 6) is -1.73. The highest BCUT2D eigenvalue weighted by Crippen LogP contribution is 2.22. The lowest BCUT2D eigenvalue weighted by Crippen LogP contribution is -2.51. The van der Waals surface area contributed by atoms with Gasteiger partial charge in [-0.15, -0.1) is 0 Å². The molecule has 0 aliphatic rings. The molecule has 0 aliphatic carbocycles. The Balaban J connectivity index is 2.43. The van der Waals surface area contributed by atoms with E-state index in [0.29, 0.717) is 6.42 Å². The van der Waals surface area contributed by atoms with Gasteiger partial charge in [-0.3, -0.25) is 13.9 Å². The maximum absolute atomic E-state index is 14.3. The number of hydrogen-bond acceptors (Lipinski definition) is 4. The summed E-state index contributed by atoms with van der Waals surface area (Å²) < 4.78 is 39.8. The molecule has 0 saturated carbocycles. The van der Waals surface area contributed by atoms with Gasteiger partial charge in [-0.2, -0.15) is 0 Å². The third-order valence-electron chi connectivity index (χ3n) is 4.91. The predicted molar refractivity (Wildman–Crippen MR) is 118 cm³/mol. The molecule has 0 aromatic heterocycles. The predicted octanol–water partition coefficient (Wildman–Crippen LogP) is 2.45. The van der Waals surface area contributed by atoms with Gasteiger partial charge >= 0.3 is 0 Å². The number of carbonyl (C=O) groups is 2. The maximum Gasteiger partial charge on any atom is 0.244 e. The van der Waals surface area contributed by atoms with E-state index in [1.807, 2.05) is 31.2 Å². The van der Waals surface area contributed by atoms with Crippen LogP contribution in [-0.2, 0) is 26.2 Å². The van der Waals surface area contributed by atoms with Gasteiger partial charge in [0.25, 0.3) is 0 Å². The molecule has 1 atom stereocenters. The van der Waals surface area contributed by atoms with Gasteiger partial charge in [0, 0.05) is 13.6 Å². The average Bonchev–Trinajstić information content (AvgIpc) is 2.72. The van der Waals surface area contributed by atoms with Gasteiger partial charge in [-0.1, -0.05) is 48.9 Å². The molecule has 2 rings (SSSR count). The van der Waals surface area contributed by atoms with Crippen molar-refractivity contribution in [3.05, 3.63) is 65.5 Å². The Kier molecular flexibility index (Phi) is 8.15. The number of aryl methyl sites for hydroxylation is 1. The molecule has 0 heterocycles. The number of rotatable bonds is 9. The number of likely N-dealkylation sites (N-methyl/N-ethyl adjacent to an activating group) is 1. The Morgan fingerprint density at radius 3 is 2.23 bits per heavy atom. The topological polar surface area (TPSA) is 86.8 Å². The van der Waals surface area contributed by atoms with Crippen LogP contribution in [0.4, 0.5) is 10.1 Å². The summed E-state index contributed by atoms with van der Waals surface area (Å²) >= 11 is 0. The van der Waals surface area contributed by atoms with Gasteiger partial charge in [0.2, 0.25) is 21.8 Å². The minimum Gasteiger partial charge on any atom is -0.357 e. The van der Waals surface area contributed by atoms with Crippen LogP contribution in [-0.4, -0.2) is 51.0 Å². The quantitative estimate of drug-likeness (QED) is 0.637. The zero-order valence-electron chi connectivity index (χ0n) is 18.1. The van der Waals surface area contributed by atoms with Crippen LogP contribution in [0.15, 0.2) is 48.5 Å². The van der Waals surface area contributed by atoms with Gasteiger partial charge < -0.3 is 10.2 Å². The molecule has 1 unspecified atom stereocenters. The van der Waals surface area contributed by atoms with Crippen LogP contribution in [0.3, 0.4) is 0 Å². The molecule has 1 N–H and O–H groups in total. The van der Waals surface area contributed by atoms with E-state index in [2.05, 4.69) is 5.32 Å². The highest BCUT2D eigenvalue weighted by molar-refractivity contribution is 7.92. The summed E-state index contributed by atoms with van der Waals surface area (Å²) in [7, 11) is -2.49. The van der Waals surface area contributed by atoms with Crippen LogP contribution in [0.5, 0.6) is 0 Å². The van der Waals surface area contributed by atoms with Gasteiger partial charge in [0.1, 0.15) is 18.4 Å². The SMILES string of the molecule is CCC(C(=O)NC)N(Cc1ccc(C)cc1)C(=O)CN(c1ccccc1F)S(C)(=O)=O. The van der Waals surface area contributed by atoms with E-state index in [1.54, 1.807) is 6.92 Å². The number of halogens is 1. The van der Waals surface area contributed by atoms with E-state index < -0.39 is 34.3 Å². The standard InChI is InChI=1S/C22H28FN3O4S/c1-5-19(22(28)24-3)25(14-17-12-10-16(2)11-13-17)21(27)15-26(31(4,29)30)20-9-7-6-8-18(20)23/h6-13,19H,5,14-15H2,1-4H3,(H,24,28). The lowest BCUT2D eigenvalue weighted by molar-refractivity contribution is -0.140. The number of carbonyl (C=O) groups excluding carboxylic acids is 2. The summed E-state index contributed by atoms with van der Waals surface area (Å²) in [6, 6.07) is 12.0. The zero-order valence-corrected chi connectivity index (χ0v) is 18.9. The Labute approximate surface area is 182 Å². The molecule has 0 fully saturated rings. The number of sulfonamides is 1. The van der Waals surface area contributed by atoms with Gasteiger partial charge in [0.05, 0.1) is 11.9 Å². The second-order valence-corrected chi connectivity index (χ2v) is 9.17. The number of hydrogen-bond donors (Lipinski definition) is 1. The highest BCUT2D eigenvalue weighted by Gasteiger charge is 2.32. The summed E-state index contributed by atoms with van der Waals surface area (Å²) in [6.45, 7) is 3.18. The summed E-state index contributed by atoms with van der Waals surface area (Å²) in [4.78, 5) is 27.1. The van der Waals surface area contributed by atoms with Crippen molar-refractivity contribution < 1.29 is 22.4 Å². The largest absolute Gasteiger partial charge is 0.357 e. The van der Waals surface area contributed by atoms with E-state index in [-0.39, 0.29) is 18.1 Å². The van der Waals surface area contributed by atoms with Gasteiger partial charge in [-0.25, -0.2) is 12.8 Å². The number of amides is 2. The number of nitrogens with zero attached hydrogens (tertiary/aromatic N) is 2. The van der Waals surface area contributed by atoms with Crippen molar-refractivity contribution in [3.8, 4) is 0 Å². The van der Waals surface area contributed by atoms with Gasteiger partial charge in [-0.05, 0) is 31.0 Å². The third kappa shape index (κ3) is 6.27. The van der Waals surface area contributed by atoms with Crippen LogP contribution in [0.1, 0.15) is 24.5 Å². The first-order valence-corrected chi connectivity index (χ1v) is 11.7. The Morgan fingerprint density at radius 1 is 1.10 bits per heavy atom. The molecular weight excluding hydrogens is 421 g/mol. The first-order valence-electron chi connectivity index (χ1n) is 9.87. The van der Waals surface area contributed by atoms with Crippen molar-refractivity contribution in [2.24, 2.45) is 0 Å². The summed E-state index contributed by atoms with van der Waals surface area (Å²) in [5, 5.41) is 2.55. The molecule has 9 heteroatoms. The van der Waals surface area contributed by atoms with Crippen LogP contribution < -0.4 is 9.62 Å². The number of nitrogens with one attached hydrogen (secondary N) is 1. The van der Waals surface area contributed by atoms with Crippen LogP contribution in [0.25, 0.3) is 0 Å². The molecule has 31 heavy (non-hydrogen) atoms. The van der Waals surface area contributed by atoms with Gasteiger partial charge in [0.15, 0.2) is 0 Å². The van der Waals surface area contributed by atoms with Crippen LogP contribution in [0, 0.1) is 12.7 Å². The van der Waals surface area contributed by atoms with Crippen molar-refractivity contribution in [1.29, 1.82) is 0 Å². The van der Waals surface area contributed by atoms with Crippen molar-refractivity contribution >= 4 is 27.5 Å². The summed E-state index contributed by atoms with van der Waals surface area (Å²) in [5.41, 5.74) is 1.61. The first-order chi connectivity index (χ1) is 14.6. The van der Waals surface area contributed by atoms with Crippen LogP contribution in [0.2, 0.25) is 0 Å². The smallest absolute Gasteiger partial charge is 0.244 e. The maximum atomic E-state index is 14.3. The fraction of sp³-hybridized carbons (Fsp3) is 0.364. The lowest BCUT2D eigenvalue weighted by Gasteiger charge is -2.32. The molecule has 2 amide bonds. The molecule has 7 nitrogen and oxygen atoms in total. The average molecular weight is 450 g/mol. The molecule has 2 aromatic rings. The Bertz CT molecular complexity index is 1030. The Morgan fingerprint density at radius 2 is 1.71 bits per heavy atom. The van der Waals surface area contributed by atoms with Crippen molar-refractivity contribution in [2.75, 3.05) is 24.2 Å². The highest BCUT2D eigenvalue weighted by atomic mass is 32.2. The fourth-order valence-electron chi connectivity index (χ4n) is 3.23. The molecule has 2 aromatic carbocycles. The first kappa shape index (κ1) is 24.3. The van der Waals surface area contributed by atoms with Crippen molar-refractivity contribution in [2.45, 2.75) is 32.9 Å². The van der Waals surface area contributed by atoms with E-state index >= 15 is 0 Å². The molecular formula is C22H28FN3O4S. The molecule has 168 valence electrons. The normalized spacial score (nSPS) is 12.2. The van der Waals surface area contributed by atoms with E-state index in [1.165, 1.54) is 30.1 Å². The monoisotopic (exact) mass is 449 g/mol. The second kappa shape index (κ2) is 10.4. The molecule has 0 bridgehead atoms.